The minimum absolute atomic E-state index is 0.142. The third-order valence-electron chi connectivity index (χ3n) is 3.77. The van der Waals surface area contributed by atoms with Crippen LogP contribution in [0.4, 0.5) is 0 Å². The Morgan fingerprint density at radius 3 is 2.84 bits per heavy atom. The number of aromatic amines is 2. The number of halogens is 1. The number of aromatic nitrogens is 4. The molecule has 0 saturated heterocycles. The lowest BCUT2D eigenvalue weighted by Gasteiger charge is -2.03. The van der Waals surface area contributed by atoms with Gasteiger partial charge in [-0.1, -0.05) is 23.7 Å². The number of hydrogen-bond acceptors (Lipinski definition) is 3. The quantitative estimate of drug-likeness (QED) is 0.526. The Kier molecular flexibility index (Phi) is 4.15. The third-order valence-corrected chi connectivity index (χ3v) is 5.01. The molecule has 0 radical (unpaired) electrons. The van der Waals surface area contributed by atoms with Gasteiger partial charge in [-0.15, -0.1) is 11.8 Å². The second-order valence-electron chi connectivity index (χ2n) is 5.79. The van der Waals surface area contributed by atoms with Crippen molar-refractivity contribution < 1.29 is 0 Å². The molecule has 2 aromatic heterocycles. The number of thioether (sulfide) groups is 1. The van der Waals surface area contributed by atoms with Gasteiger partial charge in [-0.2, -0.15) is 4.68 Å². The number of para-hydroxylation sites is 2. The molecule has 2 aromatic carbocycles. The predicted octanol–water partition coefficient (Wildman–Crippen LogP) is 4.30. The van der Waals surface area contributed by atoms with Crippen LogP contribution in [0.25, 0.3) is 17.0 Å². The van der Waals surface area contributed by atoms with E-state index in [1.165, 1.54) is 4.68 Å². The van der Waals surface area contributed by atoms with E-state index in [2.05, 4.69) is 21.1 Å². The molecule has 0 aliphatic rings. The first-order chi connectivity index (χ1) is 12.1. The van der Waals surface area contributed by atoms with Gasteiger partial charge in [-0.3, -0.25) is 9.89 Å². The molecular weight excluding hydrogens is 356 g/mol. The molecule has 0 aliphatic carbocycles. The van der Waals surface area contributed by atoms with Gasteiger partial charge in [0.15, 0.2) is 0 Å². The fraction of sp³-hybridized carbons (Fsp3) is 0.111. The highest BCUT2D eigenvalue weighted by Gasteiger charge is 2.10. The summed E-state index contributed by atoms with van der Waals surface area (Å²) in [6.07, 6.45) is 0. The molecule has 5 nitrogen and oxygen atoms in total. The molecule has 0 fully saturated rings. The minimum atomic E-state index is -0.142. The molecule has 0 bridgehead atoms. The maximum Gasteiger partial charge on any atom is 0.274 e. The standard InChI is InChI=1S/C18H15ClN4OS/c1-11-6-12(19)8-14(7-11)25-10-13-9-17(24)23(22-13)18-20-15-4-2-3-5-16(15)21-18/h2-9,22H,10H2,1H3,(H,20,21). The Hall–Kier alpha value is -2.44. The van der Waals surface area contributed by atoms with E-state index in [-0.39, 0.29) is 5.56 Å². The van der Waals surface area contributed by atoms with E-state index in [0.29, 0.717) is 11.7 Å². The zero-order chi connectivity index (χ0) is 17.4. The van der Waals surface area contributed by atoms with Crippen molar-refractivity contribution in [3.8, 4) is 5.95 Å². The van der Waals surface area contributed by atoms with Gasteiger partial charge in [0, 0.05) is 27.4 Å². The summed E-state index contributed by atoms with van der Waals surface area (Å²) in [6, 6.07) is 15.2. The van der Waals surface area contributed by atoms with Gasteiger partial charge in [0.2, 0.25) is 5.95 Å². The molecule has 7 heteroatoms. The van der Waals surface area contributed by atoms with E-state index in [4.69, 9.17) is 11.6 Å². The Labute approximate surface area is 153 Å². The molecule has 0 atom stereocenters. The average Bonchev–Trinajstić information content (AvgIpc) is 3.15. The highest BCUT2D eigenvalue weighted by molar-refractivity contribution is 7.98. The van der Waals surface area contributed by atoms with Gasteiger partial charge >= 0.3 is 0 Å². The number of hydrogen-bond donors (Lipinski definition) is 2. The number of benzene rings is 2. The molecule has 4 rings (SSSR count). The van der Waals surface area contributed by atoms with Gasteiger partial charge in [-0.25, -0.2) is 4.98 Å². The maximum atomic E-state index is 12.3. The van der Waals surface area contributed by atoms with Crippen LogP contribution in [-0.4, -0.2) is 19.7 Å². The first-order valence-corrected chi connectivity index (χ1v) is 9.11. The highest BCUT2D eigenvalue weighted by atomic mass is 35.5. The number of rotatable bonds is 4. The first kappa shape index (κ1) is 16.1. The average molecular weight is 371 g/mol. The lowest BCUT2D eigenvalue weighted by atomic mass is 10.2. The summed E-state index contributed by atoms with van der Waals surface area (Å²) < 4.78 is 1.43. The van der Waals surface area contributed by atoms with Crippen molar-refractivity contribution in [2.24, 2.45) is 0 Å². The monoisotopic (exact) mass is 370 g/mol. The second-order valence-corrected chi connectivity index (χ2v) is 7.27. The van der Waals surface area contributed by atoms with E-state index < -0.39 is 0 Å². The van der Waals surface area contributed by atoms with Crippen molar-refractivity contribution in [1.82, 2.24) is 19.7 Å². The van der Waals surface area contributed by atoms with Crippen LogP contribution >= 0.6 is 23.4 Å². The molecule has 126 valence electrons. The molecule has 0 unspecified atom stereocenters. The number of nitrogens with one attached hydrogen (secondary N) is 2. The van der Waals surface area contributed by atoms with Crippen molar-refractivity contribution in [3.63, 3.8) is 0 Å². The fourth-order valence-corrected chi connectivity index (χ4v) is 3.97. The van der Waals surface area contributed by atoms with E-state index in [0.717, 1.165) is 32.2 Å². The van der Waals surface area contributed by atoms with E-state index in [1.807, 2.05) is 43.3 Å². The summed E-state index contributed by atoms with van der Waals surface area (Å²) in [5.41, 5.74) is 3.52. The van der Waals surface area contributed by atoms with Crippen LogP contribution in [0.5, 0.6) is 0 Å². The van der Waals surface area contributed by atoms with Gasteiger partial charge in [0.05, 0.1) is 11.0 Å². The molecule has 2 N–H and O–H groups in total. The van der Waals surface area contributed by atoms with E-state index in [1.54, 1.807) is 17.8 Å². The summed E-state index contributed by atoms with van der Waals surface area (Å²) in [5, 5.41) is 3.83. The molecule has 0 amide bonds. The van der Waals surface area contributed by atoms with Crippen molar-refractivity contribution in [2.75, 3.05) is 0 Å². The molecule has 2 heterocycles. The smallest absolute Gasteiger partial charge is 0.274 e. The summed E-state index contributed by atoms with van der Waals surface area (Å²) in [5.74, 6) is 1.13. The molecule has 4 aromatic rings. The van der Waals surface area contributed by atoms with Crippen molar-refractivity contribution in [3.05, 3.63) is 75.2 Å². The van der Waals surface area contributed by atoms with E-state index in [9.17, 15) is 4.79 Å². The third kappa shape index (κ3) is 3.36. The van der Waals surface area contributed by atoms with Crippen LogP contribution in [0, 0.1) is 6.92 Å². The van der Waals surface area contributed by atoms with E-state index >= 15 is 0 Å². The zero-order valence-electron chi connectivity index (χ0n) is 13.4. The number of nitrogens with zero attached hydrogens (tertiary/aromatic N) is 2. The normalized spacial score (nSPS) is 11.3. The van der Waals surface area contributed by atoms with Gasteiger partial charge in [0.25, 0.3) is 5.56 Å². The van der Waals surface area contributed by atoms with Gasteiger partial charge in [-0.05, 0) is 42.8 Å². The molecule has 0 saturated carbocycles. The van der Waals surface area contributed by atoms with Gasteiger partial charge in [0.1, 0.15) is 0 Å². The summed E-state index contributed by atoms with van der Waals surface area (Å²) >= 11 is 7.72. The summed E-state index contributed by atoms with van der Waals surface area (Å²) in [6.45, 7) is 2.01. The lowest BCUT2D eigenvalue weighted by Crippen LogP contribution is -2.14. The number of imidazole rings is 1. The number of aryl methyl sites for hydroxylation is 1. The SMILES string of the molecule is Cc1cc(Cl)cc(SCc2cc(=O)n(-c3nc4ccccc4[nH]3)[nH]2)c1. The van der Waals surface area contributed by atoms with Crippen LogP contribution in [0.3, 0.4) is 0 Å². The molecule has 0 aliphatic heterocycles. The first-order valence-electron chi connectivity index (χ1n) is 7.74. The molecular formula is C18H15ClN4OS. The van der Waals surface area contributed by atoms with Crippen LogP contribution in [0.15, 0.2) is 58.2 Å². The number of H-pyrrole nitrogens is 2. The van der Waals surface area contributed by atoms with Gasteiger partial charge < -0.3 is 4.98 Å². The number of fused-ring (bicyclic) bond motifs is 1. The van der Waals surface area contributed by atoms with Crippen molar-refractivity contribution in [2.45, 2.75) is 17.6 Å². The molecule has 25 heavy (non-hydrogen) atoms. The van der Waals surface area contributed by atoms with Crippen molar-refractivity contribution in [1.29, 1.82) is 0 Å². The predicted molar refractivity (Wildman–Crippen MR) is 102 cm³/mol. The maximum absolute atomic E-state index is 12.3. The van der Waals surface area contributed by atoms with Crippen LogP contribution < -0.4 is 5.56 Å². The van der Waals surface area contributed by atoms with Crippen molar-refractivity contribution >= 4 is 34.4 Å². The largest absolute Gasteiger partial charge is 0.322 e. The molecule has 0 spiro atoms. The summed E-state index contributed by atoms with van der Waals surface area (Å²) in [7, 11) is 0. The highest BCUT2D eigenvalue weighted by Crippen LogP contribution is 2.26. The van der Waals surface area contributed by atoms with Crippen LogP contribution in [0.1, 0.15) is 11.3 Å². The second kappa shape index (κ2) is 6.46. The Morgan fingerprint density at radius 1 is 1.20 bits per heavy atom. The Balaban J connectivity index is 1.58. The zero-order valence-corrected chi connectivity index (χ0v) is 15.0. The topological polar surface area (TPSA) is 66.5 Å². The van der Waals surface area contributed by atoms with Crippen LogP contribution in [-0.2, 0) is 5.75 Å². The fourth-order valence-electron chi connectivity index (χ4n) is 2.67. The lowest BCUT2D eigenvalue weighted by molar-refractivity contribution is 0.789. The van der Waals surface area contributed by atoms with Crippen LogP contribution in [0.2, 0.25) is 5.02 Å². The summed E-state index contributed by atoms with van der Waals surface area (Å²) in [4.78, 5) is 21.0. The minimum Gasteiger partial charge on any atom is -0.322 e. The Bertz CT molecular complexity index is 1060. The Morgan fingerprint density at radius 2 is 2.04 bits per heavy atom.